The van der Waals surface area contributed by atoms with Crippen LogP contribution in [0, 0.1) is 0 Å². The second-order valence-electron chi connectivity index (χ2n) is 4.20. The monoisotopic (exact) mass is 264 g/mol. The normalized spacial score (nSPS) is 11.1. The molecule has 2 aromatic rings. The quantitative estimate of drug-likeness (QED) is 0.510. The van der Waals surface area contributed by atoms with Gasteiger partial charge in [0.05, 0.1) is 0 Å². The van der Waals surface area contributed by atoms with Gasteiger partial charge in [-0.15, -0.1) is 0 Å². The Morgan fingerprint density at radius 2 is 1.95 bits per heavy atom. The number of nitrogens with zero attached hydrogens (tertiary/aromatic N) is 1. The summed E-state index contributed by atoms with van der Waals surface area (Å²) in [5.41, 5.74) is 2.75. The Hall–Kier alpha value is -2.68. The summed E-state index contributed by atoms with van der Waals surface area (Å²) in [6.07, 6.45) is 10.3. The second kappa shape index (κ2) is 7.04. The van der Waals surface area contributed by atoms with Gasteiger partial charge in [0, 0.05) is 30.7 Å². The molecular weight excluding hydrogens is 248 g/mol. The molecule has 1 aromatic heterocycles. The van der Waals surface area contributed by atoms with Crippen LogP contribution < -0.4 is 5.32 Å². The lowest BCUT2D eigenvalue weighted by Crippen LogP contribution is -1.93. The molecule has 0 unspecified atom stereocenters. The van der Waals surface area contributed by atoms with Gasteiger partial charge in [0.1, 0.15) is 0 Å². The maximum Gasteiger partial charge on any atom is 0.187 e. The van der Waals surface area contributed by atoms with Crippen molar-refractivity contribution in [2.45, 2.75) is 0 Å². The highest BCUT2D eigenvalue weighted by Gasteiger charge is 1.98. The molecule has 0 fully saturated rings. The molecular formula is C17H16N2O. The molecule has 0 radical (unpaired) electrons. The third-order valence-corrected chi connectivity index (χ3v) is 2.79. The number of hydrogen-bond donors (Lipinski definition) is 1. The Morgan fingerprint density at radius 3 is 2.60 bits per heavy atom. The van der Waals surface area contributed by atoms with E-state index >= 15 is 0 Å². The Morgan fingerprint density at radius 1 is 1.15 bits per heavy atom. The summed E-state index contributed by atoms with van der Waals surface area (Å²) < 4.78 is 0. The lowest BCUT2D eigenvalue weighted by atomic mass is 10.1. The van der Waals surface area contributed by atoms with Gasteiger partial charge in [0.15, 0.2) is 5.78 Å². The first-order valence-corrected chi connectivity index (χ1v) is 6.36. The highest BCUT2D eigenvalue weighted by Crippen LogP contribution is 2.09. The molecule has 0 aliphatic rings. The van der Waals surface area contributed by atoms with E-state index in [0.29, 0.717) is 5.56 Å². The van der Waals surface area contributed by atoms with Gasteiger partial charge in [-0.2, -0.15) is 0 Å². The lowest BCUT2D eigenvalue weighted by molar-refractivity contribution is 0.104. The van der Waals surface area contributed by atoms with Crippen LogP contribution in [0.15, 0.2) is 67.0 Å². The fourth-order valence-electron chi connectivity index (χ4n) is 1.68. The zero-order valence-electron chi connectivity index (χ0n) is 11.3. The fourth-order valence-corrected chi connectivity index (χ4v) is 1.68. The smallest absolute Gasteiger partial charge is 0.187 e. The van der Waals surface area contributed by atoms with E-state index in [1.807, 2.05) is 43.5 Å². The summed E-state index contributed by atoms with van der Waals surface area (Å²) in [5.74, 6) is -0.0479. The summed E-state index contributed by atoms with van der Waals surface area (Å²) in [7, 11) is 1.89. The fraction of sp³-hybridized carbons (Fsp3) is 0.0588. The first-order valence-electron chi connectivity index (χ1n) is 6.36. The summed E-state index contributed by atoms with van der Waals surface area (Å²) >= 11 is 0. The molecule has 0 spiro atoms. The summed E-state index contributed by atoms with van der Waals surface area (Å²) in [4.78, 5) is 15.7. The van der Waals surface area contributed by atoms with E-state index in [1.165, 1.54) is 6.08 Å². The van der Waals surface area contributed by atoms with Crippen molar-refractivity contribution in [1.82, 2.24) is 4.98 Å². The summed E-state index contributed by atoms with van der Waals surface area (Å²) in [6.45, 7) is 0. The van der Waals surface area contributed by atoms with E-state index < -0.39 is 0 Å². The Bertz CT molecular complexity index is 613. The van der Waals surface area contributed by atoms with Gasteiger partial charge >= 0.3 is 0 Å². The molecule has 1 heterocycles. The number of allylic oxidation sites excluding steroid dienone is 3. The van der Waals surface area contributed by atoms with Crippen LogP contribution in [0.25, 0.3) is 6.08 Å². The molecule has 0 bridgehead atoms. The Labute approximate surface area is 118 Å². The van der Waals surface area contributed by atoms with Crippen LogP contribution in [-0.4, -0.2) is 17.8 Å². The van der Waals surface area contributed by atoms with Crippen molar-refractivity contribution >= 4 is 17.5 Å². The maximum atomic E-state index is 11.8. The lowest BCUT2D eigenvalue weighted by Gasteiger charge is -1.98. The minimum atomic E-state index is -0.0479. The maximum absolute atomic E-state index is 11.8. The molecule has 1 N–H and O–H groups in total. The topological polar surface area (TPSA) is 42.0 Å². The van der Waals surface area contributed by atoms with Crippen molar-refractivity contribution in [1.29, 1.82) is 0 Å². The van der Waals surface area contributed by atoms with Crippen LogP contribution in [0.3, 0.4) is 0 Å². The largest absolute Gasteiger partial charge is 0.388 e. The van der Waals surface area contributed by atoms with Gasteiger partial charge in [0.2, 0.25) is 0 Å². The number of hydrogen-bond acceptors (Lipinski definition) is 3. The standard InChI is InChI=1S/C17H16N2O/c1-18-16-10-8-14(9-11-16)5-2-3-7-17(20)15-6-4-12-19-13-15/h2-13,18H,1H3/b5-2+,7-3+. The van der Waals surface area contributed by atoms with E-state index in [2.05, 4.69) is 10.3 Å². The first-order chi connectivity index (χ1) is 9.79. The molecule has 20 heavy (non-hydrogen) atoms. The van der Waals surface area contributed by atoms with E-state index in [-0.39, 0.29) is 5.78 Å². The van der Waals surface area contributed by atoms with Gasteiger partial charge in [-0.05, 0) is 35.9 Å². The number of carbonyl (C=O) groups is 1. The summed E-state index contributed by atoms with van der Waals surface area (Å²) in [5, 5.41) is 3.07. The number of carbonyl (C=O) groups excluding carboxylic acids is 1. The number of anilines is 1. The van der Waals surface area contributed by atoms with E-state index in [9.17, 15) is 4.79 Å². The zero-order chi connectivity index (χ0) is 14.2. The third-order valence-electron chi connectivity index (χ3n) is 2.79. The van der Waals surface area contributed by atoms with Crippen molar-refractivity contribution in [2.75, 3.05) is 12.4 Å². The van der Waals surface area contributed by atoms with E-state index in [1.54, 1.807) is 30.6 Å². The van der Waals surface area contributed by atoms with Crippen LogP contribution in [0.1, 0.15) is 15.9 Å². The number of ketones is 1. The molecule has 0 saturated heterocycles. The summed E-state index contributed by atoms with van der Waals surface area (Å²) in [6, 6.07) is 11.5. The molecule has 0 saturated carbocycles. The van der Waals surface area contributed by atoms with E-state index in [0.717, 1.165) is 11.3 Å². The molecule has 0 atom stereocenters. The van der Waals surface area contributed by atoms with Crippen LogP contribution in [0.5, 0.6) is 0 Å². The zero-order valence-corrected chi connectivity index (χ0v) is 11.3. The number of rotatable bonds is 5. The average Bonchev–Trinajstić information content (AvgIpc) is 2.53. The average molecular weight is 264 g/mol. The van der Waals surface area contributed by atoms with Crippen molar-refractivity contribution in [2.24, 2.45) is 0 Å². The molecule has 3 heteroatoms. The van der Waals surface area contributed by atoms with Gasteiger partial charge in [-0.1, -0.05) is 30.4 Å². The highest BCUT2D eigenvalue weighted by molar-refractivity contribution is 6.04. The predicted octanol–water partition coefficient (Wildman–Crippen LogP) is 3.58. The Kier molecular flexibility index (Phi) is 4.84. The third kappa shape index (κ3) is 3.92. The number of aromatic nitrogens is 1. The molecule has 3 nitrogen and oxygen atoms in total. The van der Waals surface area contributed by atoms with Crippen molar-refractivity contribution in [3.8, 4) is 0 Å². The molecule has 0 aliphatic heterocycles. The molecule has 100 valence electrons. The highest BCUT2D eigenvalue weighted by atomic mass is 16.1. The van der Waals surface area contributed by atoms with Crippen LogP contribution in [-0.2, 0) is 0 Å². The molecule has 2 rings (SSSR count). The SMILES string of the molecule is CNc1ccc(/C=C/C=C/C(=O)c2cccnc2)cc1. The minimum Gasteiger partial charge on any atom is -0.388 e. The molecule has 0 amide bonds. The van der Waals surface area contributed by atoms with E-state index in [4.69, 9.17) is 0 Å². The Balaban J connectivity index is 1.95. The van der Waals surface area contributed by atoms with Crippen LogP contribution >= 0.6 is 0 Å². The van der Waals surface area contributed by atoms with Gasteiger partial charge < -0.3 is 5.32 Å². The number of pyridine rings is 1. The van der Waals surface area contributed by atoms with Crippen molar-refractivity contribution < 1.29 is 4.79 Å². The number of benzene rings is 1. The van der Waals surface area contributed by atoms with Gasteiger partial charge in [-0.3, -0.25) is 9.78 Å². The van der Waals surface area contributed by atoms with Gasteiger partial charge in [0.25, 0.3) is 0 Å². The first kappa shape index (κ1) is 13.7. The van der Waals surface area contributed by atoms with Gasteiger partial charge in [-0.25, -0.2) is 0 Å². The molecule has 0 aliphatic carbocycles. The molecule has 1 aromatic carbocycles. The van der Waals surface area contributed by atoms with Crippen molar-refractivity contribution in [3.05, 3.63) is 78.1 Å². The second-order valence-corrected chi connectivity index (χ2v) is 4.20. The van der Waals surface area contributed by atoms with Crippen molar-refractivity contribution in [3.63, 3.8) is 0 Å². The van der Waals surface area contributed by atoms with Crippen LogP contribution in [0.4, 0.5) is 5.69 Å². The number of nitrogens with one attached hydrogen (secondary N) is 1. The van der Waals surface area contributed by atoms with Crippen LogP contribution in [0.2, 0.25) is 0 Å². The predicted molar refractivity (Wildman–Crippen MR) is 82.7 cm³/mol. The minimum absolute atomic E-state index is 0.0479.